The topological polar surface area (TPSA) is 140 Å². The van der Waals surface area contributed by atoms with Crippen molar-refractivity contribution >= 4 is 17.4 Å². The number of thiazole rings is 1. The molecule has 0 aliphatic carbocycles. The maximum Gasteiger partial charge on any atom is 0.407 e. The summed E-state index contributed by atoms with van der Waals surface area (Å²) in [5.74, 6) is -1.97. The van der Waals surface area contributed by atoms with E-state index in [0.717, 1.165) is 30.2 Å². The third-order valence-corrected chi connectivity index (χ3v) is 8.35. The number of alkyl carbamates (subject to hydrolysis) is 1. The highest BCUT2D eigenvalue weighted by Gasteiger charge is 2.43. The van der Waals surface area contributed by atoms with E-state index < -0.39 is 35.4 Å². The lowest BCUT2D eigenvalue weighted by atomic mass is 9.82. The molecule has 0 fully saturated rings. The highest BCUT2D eigenvalue weighted by molar-refractivity contribution is 7.10. The molecule has 0 spiro atoms. The number of halogens is 2. The molecule has 2 unspecified atom stereocenters. The van der Waals surface area contributed by atoms with Crippen LogP contribution >= 0.6 is 11.3 Å². The van der Waals surface area contributed by atoms with E-state index in [-0.39, 0.29) is 18.2 Å². The molecule has 2 aromatic heterocycles. The Morgan fingerprint density at radius 1 is 1.23 bits per heavy atom. The van der Waals surface area contributed by atoms with Crippen LogP contribution in [0.5, 0.6) is 0 Å². The SMILES string of the molecule is CNC(C)CCNC(=O)OC(C)c1nc[n+](C[C@](O)(c2cc(F)ccc2F)[C@@H](C)c2nc(-c3ccc(C#N)cc3)cs2)[nH]1. The van der Waals surface area contributed by atoms with Crippen molar-refractivity contribution in [3.63, 3.8) is 0 Å². The van der Waals surface area contributed by atoms with Gasteiger partial charge in [-0.25, -0.2) is 18.6 Å². The summed E-state index contributed by atoms with van der Waals surface area (Å²) in [5, 5.41) is 32.3. The van der Waals surface area contributed by atoms with E-state index in [0.29, 0.717) is 28.6 Å². The maximum absolute atomic E-state index is 15.2. The van der Waals surface area contributed by atoms with Gasteiger partial charge < -0.3 is 20.5 Å². The van der Waals surface area contributed by atoms with Crippen molar-refractivity contribution in [3.8, 4) is 17.3 Å². The van der Waals surface area contributed by atoms with Crippen LogP contribution in [-0.2, 0) is 16.9 Å². The number of aliphatic hydroxyl groups is 1. The van der Waals surface area contributed by atoms with E-state index in [9.17, 15) is 14.3 Å². The minimum Gasteiger partial charge on any atom is -0.436 e. The summed E-state index contributed by atoms with van der Waals surface area (Å²) in [7, 11) is 1.84. The summed E-state index contributed by atoms with van der Waals surface area (Å²) < 4.78 is 36.4. The Kier molecular flexibility index (Phi) is 10.2. The largest absolute Gasteiger partial charge is 0.436 e. The Hall–Kier alpha value is -4.25. The molecular formula is C30H34F2N7O3S+. The van der Waals surface area contributed by atoms with Crippen LogP contribution < -0.4 is 15.3 Å². The Balaban J connectivity index is 1.57. The van der Waals surface area contributed by atoms with Crippen molar-refractivity contribution in [1.82, 2.24) is 25.7 Å². The lowest BCUT2D eigenvalue weighted by Crippen LogP contribution is -2.50. The van der Waals surface area contributed by atoms with Gasteiger partial charge >= 0.3 is 12.4 Å². The number of carbonyl (C=O) groups excluding carboxylic acids is 1. The summed E-state index contributed by atoms with van der Waals surface area (Å²) >= 11 is 1.28. The number of nitrogens with zero attached hydrogens (tertiary/aromatic N) is 4. The highest BCUT2D eigenvalue weighted by atomic mass is 32.1. The van der Waals surface area contributed by atoms with Crippen LogP contribution in [0.3, 0.4) is 0 Å². The van der Waals surface area contributed by atoms with Gasteiger partial charge in [0.15, 0.2) is 6.10 Å². The fourth-order valence-electron chi connectivity index (χ4n) is 4.49. The third kappa shape index (κ3) is 7.59. The van der Waals surface area contributed by atoms with E-state index >= 15 is 4.39 Å². The standard InChI is InChI=1S/C30H33F2N7O3S/c1-18(34-4)11-12-35-29(40)42-20(3)27-36-17-39(38-27)16-30(41,24-13-23(31)9-10-25(24)32)19(2)28-37-26(15-43-28)22-7-5-21(14-33)6-8-22/h5-10,13,15,17-20,34,41H,11-12,16H2,1-4H3,(H,35,40)/p+1/t18?,19-,20?,30+/m0/s1. The second kappa shape index (κ2) is 13.8. The molecule has 0 saturated heterocycles. The first-order chi connectivity index (χ1) is 20.5. The first-order valence-electron chi connectivity index (χ1n) is 13.7. The summed E-state index contributed by atoms with van der Waals surface area (Å²) in [4.78, 5) is 21.2. The molecular weight excluding hydrogens is 576 g/mol. The van der Waals surface area contributed by atoms with Crippen molar-refractivity contribution in [1.29, 1.82) is 5.26 Å². The molecule has 0 radical (unpaired) electrons. The van der Waals surface area contributed by atoms with E-state index in [1.165, 1.54) is 22.3 Å². The van der Waals surface area contributed by atoms with Crippen LogP contribution in [0.4, 0.5) is 13.6 Å². The van der Waals surface area contributed by atoms with E-state index in [1.807, 2.05) is 14.0 Å². The van der Waals surface area contributed by atoms with Crippen molar-refractivity contribution in [2.45, 2.75) is 57.4 Å². The molecule has 226 valence electrons. The third-order valence-electron chi connectivity index (χ3n) is 7.33. The minimum absolute atomic E-state index is 0.234. The van der Waals surface area contributed by atoms with Gasteiger partial charge in [0.1, 0.15) is 23.8 Å². The highest BCUT2D eigenvalue weighted by Crippen LogP contribution is 2.41. The van der Waals surface area contributed by atoms with Crippen molar-refractivity contribution in [2.75, 3.05) is 13.6 Å². The number of nitriles is 1. The van der Waals surface area contributed by atoms with Gasteiger partial charge in [-0.2, -0.15) is 15.0 Å². The molecule has 4 N–H and O–H groups in total. The number of aromatic nitrogens is 4. The maximum atomic E-state index is 15.2. The Morgan fingerprint density at radius 2 is 1.98 bits per heavy atom. The van der Waals surface area contributed by atoms with E-state index in [4.69, 9.17) is 10.00 Å². The zero-order valence-electron chi connectivity index (χ0n) is 24.3. The van der Waals surface area contributed by atoms with Crippen LogP contribution in [0.1, 0.15) is 61.2 Å². The van der Waals surface area contributed by atoms with Crippen molar-refractivity contribution in [3.05, 3.63) is 87.8 Å². The smallest absolute Gasteiger partial charge is 0.407 e. The molecule has 10 nitrogen and oxygen atoms in total. The number of carbonyl (C=O) groups is 1. The van der Waals surface area contributed by atoms with Crippen LogP contribution in [0.2, 0.25) is 0 Å². The number of ether oxygens (including phenoxy) is 1. The number of amides is 1. The van der Waals surface area contributed by atoms with Crippen LogP contribution in [0.15, 0.2) is 54.2 Å². The van der Waals surface area contributed by atoms with Gasteiger partial charge in [0.2, 0.25) is 0 Å². The Morgan fingerprint density at radius 3 is 2.67 bits per heavy atom. The fourth-order valence-corrected chi connectivity index (χ4v) is 5.46. The van der Waals surface area contributed by atoms with Crippen LogP contribution in [-0.4, -0.2) is 45.9 Å². The van der Waals surface area contributed by atoms with Gasteiger partial charge in [-0.3, -0.25) is 0 Å². The number of benzene rings is 2. The van der Waals surface area contributed by atoms with Crippen molar-refractivity contribution in [2.24, 2.45) is 0 Å². The number of hydrogen-bond donors (Lipinski definition) is 4. The molecule has 13 heteroatoms. The first-order valence-corrected chi connectivity index (χ1v) is 14.6. The van der Waals surface area contributed by atoms with Crippen LogP contribution in [0, 0.1) is 23.0 Å². The zero-order chi connectivity index (χ0) is 31.1. The van der Waals surface area contributed by atoms with Crippen molar-refractivity contribution < 1.29 is 28.1 Å². The predicted molar refractivity (Wildman–Crippen MR) is 156 cm³/mol. The van der Waals surface area contributed by atoms with Gasteiger partial charge in [-0.05, 0) is 62.6 Å². The Bertz CT molecular complexity index is 1590. The summed E-state index contributed by atoms with van der Waals surface area (Å²) in [6.07, 6.45) is 0.754. The summed E-state index contributed by atoms with van der Waals surface area (Å²) in [6, 6.07) is 12.2. The van der Waals surface area contributed by atoms with Gasteiger partial charge in [0.05, 0.1) is 22.3 Å². The first kappa shape index (κ1) is 31.7. The molecule has 2 heterocycles. The molecule has 4 rings (SSSR count). The van der Waals surface area contributed by atoms with Gasteiger partial charge in [-0.15, -0.1) is 11.3 Å². The monoisotopic (exact) mass is 610 g/mol. The average molecular weight is 611 g/mol. The average Bonchev–Trinajstić information content (AvgIpc) is 3.68. The van der Waals surface area contributed by atoms with Gasteiger partial charge in [0, 0.05) is 35.0 Å². The molecule has 0 saturated carbocycles. The molecule has 0 aliphatic heterocycles. The lowest BCUT2D eigenvalue weighted by Gasteiger charge is -2.32. The lowest BCUT2D eigenvalue weighted by molar-refractivity contribution is -0.765. The predicted octanol–water partition coefficient (Wildman–Crippen LogP) is 4.45. The normalized spacial score (nSPS) is 14.7. The number of nitrogens with one attached hydrogen (secondary N) is 3. The second-order valence-electron chi connectivity index (χ2n) is 10.4. The molecule has 4 atom stereocenters. The van der Waals surface area contributed by atoms with Crippen LogP contribution in [0.25, 0.3) is 11.3 Å². The number of aromatic amines is 1. The second-order valence-corrected chi connectivity index (χ2v) is 11.2. The molecule has 0 aliphatic rings. The summed E-state index contributed by atoms with van der Waals surface area (Å²) in [6.45, 7) is 5.51. The van der Waals surface area contributed by atoms with E-state index in [1.54, 1.807) is 43.5 Å². The fraction of sp³-hybridized carbons (Fsp3) is 0.367. The molecule has 4 aromatic rings. The number of hydrogen-bond acceptors (Lipinski definition) is 8. The van der Waals surface area contributed by atoms with Gasteiger partial charge in [0.25, 0.3) is 5.82 Å². The Labute approximate surface area is 252 Å². The van der Waals surface area contributed by atoms with Gasteiger partial charge in [-0.1, -0.05) is 19.1 Å². The summed E-state index contributed by atoms with van der Waals surface area (Å²) in [5.41, 5.74) is -0.292. The number of H-pyrrole nitrogens is 1. The molecule has 43 heavy (non-hydrogen) atoms. The molecule has 0 bridgehead atoms. The van der Waals surface area contributed by atoms with E-state index in [2.05, 4.69) is 31.8 Å². The number of rotatable bonds is 12. The molecule has 2 aromatic carbocycles. The molecule has 1 amide bonds. The zero-order valence-corrected chi connectivity index (χ0v) is 25.1. The quantitative estimate of drug-likeness (QED) is 0.174. The minimum atomic E-state index is -1.97.